The van der Waals surface area contributed by atoms with Gasteiger partial charge in [-0.1, -0.05) is 42.3 Å². The summed E-state index contributed by atoms with van der Waals surface area (Å²) in [7, 11) is 0. The molecule has 1 heterocycles. The van der Waals surface area contributed by atoms with Gasteiger partial charge in [0.1, 0.15) is 0 Å². The maximum absolute atomic E-state index is 3.64. The molecule has 2 fully saturated rings. The minimum Gasteiger partial charge on any atom is -0.371 e. The lowest BCUT2D eigenvalue weighted by molar-refractivity contribution is 0.494. The van der Waals surface area contributed by atoms with Gasteiger partial charge in [-0.05, 0) is 42.4 Å². The summed E-state index contributed by atoms with van der Waals surface area (Å²) < 4.78 is 1.19. The van der Waals surface area contributed by atoms with Crippen LogP contribution in [0.3, 0.4) is 0 Å². The SMILES string of the molecule is CC(C)NCc1ccc(Br)cc1N1CC2CCCC2C1. The van der Waals surface area contributed by atoms with Crippen LogP contribution in [0, 0.1) is 11.8 Å². The van der Waals surface area contributed by atoms with Gasteiger partial charge in [-0.15, -0.1) is 0 Å². The Bertz CT molecular complexity index is 460. The van der Waals surface area contributed by atoms with E-state index < -0.39 is 0 Å². The molecule has 2 unspecified atom stereocenters. The maximum Gasteiger partial charge on any atom is 0.0423 e. The predicted molar refractivity (Wildman–Crippen MR) is 89.2 cm³/mol. The van der Waals surface area contributed by atoms with Crippen molar-refractivity contribution in [3.63, 3.8) is 0 Å². The molecular formula is C17H25BrN2. The first-order valence-corrected chi connectivity index (χ1v) is 8.69. The van der Waals surface area contributed by atoms with Crippen LogP contribution in [-0.2, 0) is 6.54 Å². The maximum atomic E-state index is 3.64. The molecule has 1 saturated heterocycles. The Morgan fingerprint density at radius 1 is 1.25 bits per heavy atom. The summed E-state index contributed by atoms with van der Waals surface area (Å²) in [5.74, 6) is 1.89. The van der Waals surface area contributed by atoms with Crippen LogP contribution < -0.4 is 10.2 Å². The van der Waals surface area contributed by atoms with Crippen LogP contribution in [0.15, 0.2) is 22.7 Å². The molecule has 3 heteroatoms. The van der Waals surface area contributed by atoms with Gasteiger partial charge in [0.25, 0.3) is 0 Å². The lowest BCUT2D eigenvalue weighted by Crippen LogP contribution is -2.26. The van der Waals surface area contributed by atoms with Crippen molar-refractivity contribution in [2.75, 3.05) is 18.0 Å². The second-order valence-corrected chi connectivity index (χ2v) is 7.58. The molecule has 1 N–H and O–H groups in total. The molecule has 0 radical (unpaired) electrons. The first-order valence-electron chi connectivity index (χ1n) is 7.90. The number of hydrogen-bond donors (Lipinski definition) is 1. The van der Waals surface area contributed by atoms with Gasteiger partial charge in [0.2, 0.25) is 0 Å². The van der Waals surface area contributed by atoms with E-state index in [1.807, 2.05) is 0 Å². The summed E-state index contributed by atoms with van der Waals surface area (Å²) in [6, 6.07) is 7.27. The van der Waals surface area contributed by atoms with E-state index in [1.54, 1.807) is 0 Å². The monoisotopic (exact) mass is 336 g/mol. The van der Waals surface area contributed by atoms with Gasteiger partial charge in [0.05, 0.1) is 0 Å². The van der Waals surface area contributed by atoms with E-state index in [1.165, 1.54) is 48.1 Å². The third-order valence-electron chi connectivity index (χ3n) is 4.82. The fraction of sp³-hybridized carbons (Fsp3) is 0.647. The summed E-state index contributed by atoms with van der Waals surface area (Å²) >= 11 is 3.64. The molecule has 1 aromatic rings. The quantitative estimate of drug-likeness (QED) is 0.887. The van der Waals surface area contributed by atoms with Crippen molar-refractivity contribution >= 4 is 21.6 Å². The van der Waals surface area contributed by atoms with E-state index in [-0.39, 0.29) is 0 Å². The van der Waals surface area contributed by atoms with Crippen molar-refractivity contribution in [3.05, 3.63) is 28.2 Å². The second-order valence-electron chi connectivity index (χ2n) is 6.66. The third kappa shape index (κ3) is 3.04. The van der Waals surface area contributed by atoms with Crippen molar-refractivity contribution in [3.8, 4) is 0 Å². The van der Waals surface area contributed by atoms with E-state index in [9.17, 15) is 0 Å². The summed E-state index contributed by atoms with van der Waals surface area (Å²) in [6.07, 6.45) is 4.33. The molecular weight excluding hydrogens is 312 g/mol. The highest BCUT2D eigenvalue weighted by molar-refractivity contribution is 9.10. The van der Waals surface area contributed by atoms with Crippen LogP contribution in [0.25, 0.3) is 0 Å². The molecule has 110 valence electrons. The molecule has 20 heavy (non-hydrogen) atoms. The van der Waals surface area contributed by atoms with Crippen molar-refractivity contribution in [1.82, 2.24) is 5.32 Å². The van der Waals surface area contributed by atoms with Crippen LogP contribution in [-0.4, -0.2) is 19.1 Å². The van der Waals surface area contributed by atoms with E-state index in [2.05, 4.69) is 58.2 Å². The summed E-state index contributed by atoms with van der Waals surface area (Å²) in [4.78, 5) is 2.62. The number of halogens is 1. The standard InChI is InChI=1S/C17H25BrN2/c1-12(2)19-9-13-6-7-16(18)8-17(13)20-10-14-4-3-5-15(14)11-20/h6-8,12,14-15,19H,3-5,9-11H2,1-2H3. The van der Waals surface area contributed by atoms with Gasteiger partial charge in [0.15, 0.2) is 0 Å². The smallest absolute Gasteiger partial charge is 0.0423 e. The normalized spacial score (nSPS) is 25.5. The van der Waals surface area contributed by atoms with E-state index in [0.29, 0.717) is 6.04 Å². The zero-order chi connectivity index (χ0) is 14.1. The number of hydrogen-bond acceptors (Lipinski definition) is 2. The largest absolute Gasteiger partial charge is 0.371 e. The Morgan fingerprint density at radius 3 is 2.60 bits per heavy atom. The molecule has 1 saturated carbocycles. The molecule has 2 nitrogen and oxygen atoms in total. The molecule has 1 aromatic carbocycles. The minimum atomic E-state index is 0.532. The molecule has 0 aromatic heterocycles. The fourth-order valence-electron chi connectivity index (χ4n) is 3.73. The first kappa shape index (κ1) is 14.4. The van der Waals surface area contributed by atoms with Crippen LogP contribution in [0.2, 0.25) is 0 Å². The lowest BCUT2D eigenvalue weighted by Gasteiger charge is -2.24. The molecule has 0 bridgehead atoms. The summed E-state index contributed by atoms with van der Waals surface area (Å²) in [5, 5.41) is 3.55. The van der Waals surface area contributed by atoms with Crippen molar-refractivity contribution in [1.29, 1.82) is 0 Å². The first-order chi connectivity index (χ1) is 9.63. The van der Waals surface area contributed by atoms with Crippen molar-refractivity contribution < 1.29 is 0 Å². The Kier molecular flexibility index (Phi) is 4.37. The van der Waals surface area contributed by atoms with E-state index in [4.69, 9.17) is 0 Å². The average molecular weight is 337 g/mol. The van der Waals surface area contributed by atoms with Crippen LogP contribution in [0.4, 0.5) is 5.69 Å². The zero-order valence-corrected chi connectivity index (χ0v) is 14.1. The van der Waals surface area contributed by atoms with Gasteiger partial charge in [-0.2, -0.15) is 0 Å². The van der Waals surface area contributed by atoms with Crippen LogP contribution in [0.1, 0.15) is 38.7 Å². The van der Waals surface area contributed by atoms with Gasteiger partial charge in [-0.3, -0.25) is 0 Å². The minimum absolute atomic E-state index is 0.532. The van der Waals surface area contributed by atoms with E-state index in [0.717, 1.165) is 18.4 Å². The number of anilines is 1. The molecule has 1 aliphatic carbocycles. The summed E-state index contributed by atoms with van der Waals surface area (Å²) in [6.45, 7) is 7.90. The van der Waals surface area contributed by atoms with E-state index >= 15 is 0 Å². The topological polar surface area (TPSA) is 15.3 Å². The Labute approximate surface area is 131 Å². The van der Waals surface area contributed by atoms with Gasteiger partial charge >= 0.3 is 0 Å². The molecule has 1 aliphatic heterocycles. The number of fused-ring (bicyclic) bond motifs is 1. The number of nitrogens with one attached hydrogen (secondary N) is 1. The number of nitrogens with zero attached hydrogens (tertiary/aromatic N) is 1. The molecule has 2 aliphatic rings. The lowest BCUT2D eigenvalue weighted by atomic mass is 10.0. The Balaban J connectivity index is 1.78. The Hall–Kier alpha value is -0.540. The van der Waals surface area contributed by atoms with Crippen molar-refractivity contribution in [2.24, 2.45) is 11.8 Å². The molecule has 0 spiro atoms. The second kappa shape index (κ2) is 6.07. The van der Waals surface area contributed by atoms with Crippen molar-refractivity contribution in [2.45, 2.75) is 45.7 Å². The van der Waals surface area contributed by atoms with Crippen LogP contribution in [0.5, 0.6) is 0 Å². The third-order valence-corrected chi connectivity index (χ3v) is 5.31. The molecule has 2 atom stereocenters. The van der Waals surface area contributed by atoms with Gasteiger partial charge < -0.3 is 10.2 Å². The highest BCUT2D eigenvalue weighted by atomic mass is 79.9. The predicted octanol–water partition coefficient (Wildman–Crippen LogP) is 4.18. The molecule has 0 amide bonds. The van der Waals surface area contributed by atoms with Crippen LogP contribution >= 0.6 is 15.9 Å². The average Bonchev–Trinajstić information content (AvgIpc) is 2.97. The highest BCUT2D eigenvalue weighted by Crippen LogP contribution is 2.40. The number of benzene rings is 1. The number of rotatable bonds is 4. The highest BCUT2D eigenvalue weighted by Gasteiger charge is 2.36. The fourth-order valence-corrected chi connectivity index (χ4v) is 4.08. The Morgan fingerprint density at radius 2 is 1.95 bits per heavy atom. The van der Waals surface area contributed by atoms with Gasteiger partial charge in [-0.25, -0.2) is 0 Å². The molecule has 3 rings (SSSR count). The summed E-state index contributed by atoms with van der Waals surface area (Å²) in [5.41, 5.74) is 2.86. The van der Waals surface area contributed by atoms with Gasteiger partial charge in [0, 0.05) is 35.8 Å². The zero-order valence-electron chi connectivity index (χ0n) is 12.5.